The molecule has 6 heteroatoms. The number of aldehydes is 1. The van der Waals surface area contributed by atoms with Gasteiger partial charge in [0.25, 0.3) is 0 Å². The van der Waals surface area contributed by atoms with Crippen LogP contribution in [0.25, 0.3) is 0 Å². The average Bonchev–Trinajstić information content (AvgIpc) is 2.47. The summed E-state index contributed by atoms with van der Waals surface area (Å²) < 4.78 is 58.9. The van der Waals surface area contributed by atoms with E-state index in [1.807, 2.05) is 0 Å². The SMILES string of the molecule is CCOC1(c2ccc(F)cc2)CC=C(C=O)C=C1C(F)(F)F. The molecule has 0 aliphatic heterocycles. The second-order valence-electron chi connectivity index (χ2n) is 4.85. The highest BCUT2D eigenvalue weighted by Crippen LogP contribution is 2.48. The van der Waals surface area contributed by atoms with Crippen LogP contribution >= 0.6 is 0 Å². The minimum Gasteiger partial charge on any atom is -0.365 e. The fourth-order valence-corrected chi connectivity index (χ4v) is 2.57. The minimum atomic E-state index is -4.67. The Labute approximate surface area is 125 Å². The molecule has 1 aliphatic rings. The highest BCUT2D eigenvalue weighted by Gasteiger charge is 2.51. The van der Waals surface area contributed by atoms with Gasteiger partial charge in [-0.25, -0.2) is 4.39 Å². The monoisotopic (exact) mass is 314 g/mol. The van der Waals surface area contributed by atoms with Gasteiger partial charge in [-0.3, -0.25) is 4.79 Å². The number of allylic oxidation sites excluding steroid dienone is 2. The van der Waals surface area contributed by atoms with Crippen LogP contribution in [0, 0.1) is 5.82 Å². The molecule has 22 heavy (non-hydrogen) atoms. The van der Waals surface area contributed by atoms with Crippen LogP contribution in [0.15, 0.2) is 47.6 Å². The maximum absolute atomic E-state index is 13.5. The number of ether oxygens (including phenoxy) is 1. The van der Waals surface area contributed by atoms with Gasteiger partial charge in [0.05, 0.1) is 5.57 Å². The Bertz CT molecular complexity index is 614. The van der Waals surface area contributed by atoms with Crippen molar-refractivity contribution in [2.75, 3.05) is 6.61 Å². The van der Waals surface area contributed by atoms with E-state index in [0.717, 1.165) is 18.2 Å². The van der Waals surface area contributed by atoms with E-state index in [1.54, 1.807) is 6.92 Å². The van der Waals surface area contributed by atoms with E-state index in [-0.39, 0.29) is 24.2 Å². The first-order chi connectivity index (χ1) is 10.3. The number of carbonyl (C=O) groups is 1. The second kappa shape index (κ2) is 6.04. The van der Waals surface area contributed by atoms with Crippen molar-refractivity contribution < 1.29 is 27.1 Å². The third-order valence-electron chi connectivity index (χ3n) is 3.51. The molecule has 0 amide bonds. The van der Waals surface area contributed by atoms with Crippen molar-refractivity contribution in [2.45, 2.75) is 25.1 Å². The topological polar surface area (TPSA) is 26.3 Å². The van der Waals surface area contributed by atoms with Gasteiger partial charge in [-0.05, 0) is 30.7 Å². The van der Waals surface area contributed by atoms with Crippen molar-refractivity contribution in [3.8, 4) is 0 Å². The smallest absolute Gasteiger partial charge is 0.365 e. The molecule has 1 unspecified atom stereocenters. The van der Waals surface area contributed by atoms with E-state index in [1.165, 1.54) is 18.2 Å². The first kappa shape index (κ1) is 16.4. The van der Waals surface area contributed by atoms with Gasteiger partial charge in [-0.1, -0.05) is 18.2 Å². The summed E-state index contributed by atoms with van der Waals surface area (Å²) in [7, 11) is 0. The summed E-state index contributed by atoms with van der Waals surface area (Å²) >= 11 is 0. The Balaban J connectivity index is 2.63. The first-order valence-corrected chi connectivity index (χ1v) is 6.68. The van der Waals surface area contributed by atoms with Crippen LogP contribution in [0.1, 0.15) is 18.9 Å². The molecule has 0 fully saturated rings. The van der Waals surface area contributed by atoms with Crippen molar-refractivity contribution in [3.63, 3.8) is 0 Å². The number of carbonyl (C=O) groups excluding carboxylic acids is 1. The Morgan fingerprint density at radius 3 is 2.41 bits per heavy atom. The predicted molar refractivity (Wildman–Crippen MR) is 72.6 cm³/mol. The first-order valence-electron chi connectivity index (χ1n) is 6.68. The maximum atomic E-state index is 13.5. The van der Waals surface area contributed by atoms with E-state index in [0.29, 0.717) is 6.29 Å². The zero-order valence-electron chi connectivity index (χ0n) is 11.8. The summed E-state index contributed by atoms with van der Waals surface area (Å²) in [6, 6.07) is 4.71. The summed E-state index contributed by atoms with van der Waals surface area (Å²) in [5.41, 5.74) is -2.59. The average molecular weight is 314 g/mol. The zero-order chi connectivity index (χ0) is 16.4. The number of rotatable bonds is 4. The van der Waals surface area contributed by atoms with Gasteiger partial charge in [0.15, 0.2) is 0 Å². The van der Waals surface area contributed by atoms with E-state index in [9.17, 15) is 22.4 Å². The molecule has 2 rings (SSSR count). The van der Waals surface area contributed by atoms with Crippen LogP contribution in [-0.4, -0.2) is 19.1 Å². The molecular weight excluding hydrogens is 300 g/mol. The zero-order valence-corrected chi connectivity index (χ0v) is 11.8. The van der Waals surface area contributed by atoms with Crippen LogP contribution in [0.4, 0.5) is 17.6 Å². The Hall–Kier alpha value is -1.95. The quantitative estimate of drug-likeness (QED) is 0.618. The molecule has 1 aromatic rings. The van der Waals surface area contributed by atoms with Crippen LogP contribution in [0.5, 0.6) is 0 Å². The molecule has 0 heterocycles. The molecule has 2 nitrogen and oxygen atoms in total. The largest absolute Gasteiger partial charge is 0.415 e. The Kier molecular flexibility index (Phi) is 4.51. The van der Waals surface area contributed by atoms with Crippen LogP contribution < -0.4 is 0 Å². The molecule has 1 aliphatic carbocycles. The fraction of sp³-hybridized carbons (Fsp3) is 0.312. The number of alkyl halides is 3. The molecule has 1 aromatic carbocycles. The number of hydrogen-bond donors (Lipinski definition) is 0. The lowest BCUT2D eigenvalue weighted by Gasteiger charge is -2.38. The van der Waals surface area contributed by atoms with Crippen molar-refractivity contribution in [2.24, 2.45) is 0 Å². The van der Waals surface area contributed by atoms with E-state index >= 15 is 0 Å². The van der Waals surface area contributed by atoms with E-state index in [2.05, 4.69) is 0 Å². The summed E-state index contributed by atoms with van der Waals surface area (Å²) in [6.07, 6.45) is -2.28. The van der Waals surface area contributed by atoms with Gasteiger partial charge >= 0.3 is 6.18 Å². The van der Waals surface area contributed by atoms with Crippen molar-refractivity contribution in [1.29, 1.82) is 0 Å². The Morgan fingerprint density at radius 2 is 1.91 bits per heavy atom. The Morgan fingerprint density at radius 1 is 1.27 bits per heavy atom. The lowest BCUT2D eigenvalue weighted by molar-refractivity contribution is -0.135. The van der Waals surface area contributed by atoms with Gasteiger partial charge < -0.3 is 4.74 Å². The van der Waals surface area contributed by atoms with E-state index in [4.69, 9.17) is 4.74 Å². The van der Waals surface area contributed by atoms with Gasteiger partial charge in [-0.15, -0.1) is 0 Å². The van der Waals surface area contributed by atoms with Gasteiger partial charge in [-0.2, -0.15) is 13.2 Å². The van der Waals surface area contributed by atoms with Crippen molar-refractivity contribution in [1.82, 2.24) is 0 Å². The predicted octanol–water partition coefficient (Wildman–Crippen LogP) is 4.08. The molecule has 0 N–H and O–H groups in total. The molecular formula is C16H14F4O2. The molecule has 118 valence electrons. The molecule has 0 radical (unpaired) electrons. The summed E-state index contributed by atoms with van der Waals surface area (Å²) in [5.74, 6) is -0.548. The highest BCUT2D eigenvalue weighted by molar-refractivity contribution is 5.79. The second-order valence-corrected chi connectivity index (χ2v) is 4.85. The summed E-state index contributed by atoms with van der Waals surface area (Å²) in [6.45, 7) is 1.62. The van der Waals surface area contributed by atoms with Crippen molar-refractivity contribution >= 4 is 6.29 Å². The third kappa shape index (κ3) is 2.97. The van der Waals surface area contributed by atoms with Crippen LogP contribution in [0.3, 0.4) is 0 Å². The highest BCUT2D eigenvalue weighted by atomic mass is 19.4. The normalized spacial score (nSPS) is 22.0. The number of halogens is 4. The standard InChI is InChI=1S/C16H14F4O2/c1-2-22-15(12-3-5-13(17)6-4-12)8-7-11(10-21)9-14(15)16(18,19)20/h3-7,9-10H,2,8H2,1H3. The third-order valence-corrected chi connectivity index (χ3v) is 3.51. The molecule has 0 aromatic heterocycles. The molecule has 0 saturated carbocycles. The van der Waals surface area contributed by atoms with Crippen molar-refractivity contribution in [3.05, 3.63) is 58.9 Å². The maximum Gasteiger partial charge on any atom is 0.415 e. The van der Waals surface area contributed by atoms with Gasteiger partial charge in [0.1, 0.15) is 17.7 Å². The molecule has 0 spiro atoms. The molecule has 0 bridgehead atoms. The van der Waals surface area contributed by atoms with Crippen LogP contribution in [-0.2, 0) is 15.1 Å². The number of hydrogen-bond acceptors (Lipinski definition) is 2. The summed E-state index contributed by atoms with van der Waals surface area (Å²) in [4.78, 5) is 10.8. The lowest BCUT2D eigenvalue weighted by atomic mass is 9.78. The van der Waals surface area contributed by atoms with Gasteiger partial charge in [0, 0.05) is 18.6 Å². The lowest BCUT2D eigenvalue weighted by Crippen LogP contribution is -2.40. The fourth-order valence-electron chi connectivity index (χ4n) is 2.57. The van der Waals surface area contributed by atoms with E-state index < -0.39 is 23.2 Å². The summed E-state index contributed by atoms with van der Waals surface area (Å²) in [5, 5.41) is 0. The minimum absolute atomic E-state index is 0.0368. The molecule has 0 saturated heterocycles. The van der Waals surface area contributed by atoms with Gasteiger partial charge in [0.2, 0.25) is 0 Å². The van der Waals surface area contributed by atoms with Crippen LogP contribution in [0.2, 0.25) is 0 Å². The number of benzene rings is 1. The molecule has 1 atom stereocenters.